The van der Waals surface area contributed by atoms with E-state index in [2.05, 4.69) is 0 Å². The third kappa shape index (κ3) is 13.9. The maximum absolute atomic E-state index is 9.05. The molecule has 0 bridgehead atoms. The average molecular weight is 358 g/mol. The van der Waals surface area contributed by atoms with Crippen molar-refractivity contribution in [2.45, 2.75) is 12.7 Å². The van der Waals surface area contributed by atoms with Gasteiger partial charge in [0.15, 0.2) is 0 Å². The van der Waals surface area contributed by atoms with Crippen molar-refractivity contribution >= 4 is 0 Å². The highest BCUT2D eigenvalue weighted by Crippen LogP contribution is 1.99. The minimum Gasteiger partial charge on any atom is -0.394 e. The Kier molecular flexibility index (Phi) is 14.4. The third-order valence-electron chi connectivity index (χ3n) is 3.12. The molecule has 0 aromatic heterocycles. The maximum Gasteiger partial charge on any atom is 0.100 e. The molecule has 0 aliphatic heterocycles. The smallest absolute Gasteiger partial charge is 0.100 e. The summed E-state index contributed by atoms with van der Waals surface area (Å²) in [5, 5.41) is 17.6. The van der Waals surface area contributed by atoms with Crippen molar-refractivity contribution in [3.63, 3.8) is 0 Å². The summed E-state index contributed by atoms with van der Waals surface area (Å²) in [5.41, 5.74) is 1.15. The zero-order valence-electron chi connectivity index (χ0n) is 14.7. The highest BCUT2D eigenvalue weighted by atomic mass is 16.6. The third-order valence-corrected chi connectivity index (χ3v) is 3.12. The van der Waals surface area contributed by atoms with Crippen LogP contribution >= 0.6 is 0 Å². The van der Waals surface area contributed by atoms with E-state index in [0.29, 0.717) is 59.5 Å². The van der Waals surface area contributed by atoms with Crippen LogP contribution < -0.4 is 0 Å². The van der Waals surface area contributed by atoms with E-state index in [1.165, 1.54) is 0 Å². The summed E-state index contributed by atoms with van der Waals surface area (Å²) in [7, 11) is 0. The molecule has 0 spiro atoms. The molecule has 1 aromatic carbocycles. The van der Waals surface area contributed by atoms with E-state index >= 15 is 0 Å². The molecular formula is C18H30O7. The molecule has 2 N–H and O–H groups in total. The molecule has 0 saturated carbocycles. The molecular weight excluding hydrogens is 328 g/mol. The Labute approximate surface area is 149 Å². The molecule has 1 rings (SSSR count). The Morgan fingerprint density at radius 2 is 1.16 bits per heavy atom. The Hall–Kier alpha value is -1.06. The minimum absolute atomic E-state index is 0.114. The van der Waals surface area contributed by atoms with Gasteiger partial charge in [-0.15, -0.1) is 0 Å². The quantitative estimate of drug-likeness (QED) is 0.395. The molecule has 25 heavy (non-hydrogen) atoms. The Bertz CT molecular complexity index is 388. The van der Waals surface area contributed by atoms with E-state index in [1.54, 1.807) is 0 Å². The molecule has 0 aliphatic carbocycles. The van der Waals surface area contributed by atoms with Crippen molar-refractivity contribution < 1.29 is 33.9 Å². The summed E-state index contributed by atoms with van der Waals surface area (Å²) in [5.74, 6) is 0. The van der Waals surface area contributed by atoms with Gasteiger partial charge in [-0.2, -0.15) is 0 Å². The molecule has 7 nitrogen and oxygen atoms in total. The standard InChI is InChI=1S/C18H30O7/c19-14-18(20)16-25-13-11-23-9-7-21-6-8-22-10-12-24-15-17-4-2-1-3-5-17/h1-5,18-20H,6-16H2/t18-/m1/s1. The van der Waals surface area contributed by atoms with Crippen molar-refractivity contribution in [3.8, 4) is 0 Å². The Balaban J connectivity index is 1.72. The van der Waals surface area contributed by atoms with Gasteiger partial charge in [0.05, 0.1) is 72.7 Å². The number of rotatable bonds is 17. The Morgan fingerprint density at radius 1 is 0.680 bits per heavy atom. The first-order valence-electron chi connectivity index (χ1n) is 8.54. The van der Waals surface area contributed by atoms with Crippen LogP contribution in [-0.2, 0) is 30.3 Å². The number of hydrogen-bond donors (Lipinski definition) is 2. The lowest BCUT2D eigenvalue weighted by Gasteiger charge is -2.09. The molecule has 7 heteroatoms. The zero-order chi connectivity index (χ0) is 18.0. The van der Waals surface area contributed by atoms with Gasteiger partial charge in [-0.1, -0.05) is 30.3 Å². The van der Waals surface area contributed by atoms with Gasteiger partial charge >= 0.3 is 0 Å². The van der Waals surface area contributed by atoms with Gasteiger partial charge in [-0.25, -0.2) is 0 Å². The summed E-state index contributed by atoms with van der Waals surface area (Å²) < 4.78 is 26.7. The fraction of sp³-hybridized carbons (Fsp3) is 0.667. The van der Waals surface area contributed by atoms with E-state index in [-0.39, 0.29) is 13.2 Å². The maximum atomic E-state index is 9.05. The first-order chi connectivity index (χ1) is 12.3. The molecule has 0 amide bonds. The monoisotopic (exact) mass is 358 g/mol. The van der Waals surface area contributed by atoms with Crippen LogP contribution in [0.3, 0.4) is 0 Å². The lowest BCUT2D eigenvalue weighted by Crippen LogP contribution is -2.21. The largest absolute Gasteiger partial charge is 0.394 e. The van der Waals surface area contributed by atoms with E-state index in [1.807, 2.05) is 30.3 Å². The number of hydrogen-bond acceptors (Lipinski definition) is 7. The van der Waals surface area contributed by atoms with Crippen molar-refractivity contribution in [2.75, 3.05) is 66.1 Å². The molecule has 0 saturated heterocycles. The van der Waals surface area contributed by atoms with Crippen LogP contribution in [0.15, 0.2) is 30.3 Å². The lowest BCUT2D eigenvalue weighted by atomic mass is 10.2. The predicted molar refractivity (Wildman–Crippen MR) is 92.5 cm³/mol. The SMILES string of the molecule is OC[C@@H](O)COCCOCCOCCOCCOCc1ccccc1. The second kappa shape index (κ2) is 16.4. The molecule has 0 radical (unpaired) electrons. The zero-order valence-corrected chi connectivity index (χ0v) is 14.7. The topological polar surface area (TPSA) is 86.6 Å². The van der Waals surface area contributed by atoms with E-state index in [9.17, 15) is 0 Å². The van der Waals surface area contributed by atoms with E-state index < -0.39 is 6.10 Å². The van der Waals surface area contributed by atoms with Crippen LogP contribution in [0.2, 0.25) is 0 Å². The Morgan fingerprint density at radius 3 is 1.68 bits per heavy atom. The summed E-state index contributed by atoms with van der Waals surface area (Å²) in [4.78, 5) is 0. The number of ether oxygens (including phenoxy) is 5. The van der Waals surface area contributed by atoms with Gasteiger partial charge in [0.1, 0.15) is 6.10 Å². The summed E-state index contributed by atoms with van der Waals surface area (Å²) in [6, 6.07) is 10.0. The second-order valence-corrected chi connectivity index (χ2v) is 5.29. The van der Waals surface area contributed by atoms with Crippen LogP contribution in [0.5, 0.6) is 0 Å². The van der Waals surface area contributed by atoms with Gasteiger partial charge in [0, 0.05) is 0 Å². The van der Waals surface area contributed by atoms with E-state index in [0.717, 1.165) is 5.56 Å². The van der Waals surface area contributed by atoms with Crippen LogP contribution in [0.1, 0.15) is 5.56 Å². The first-order valence-corrected chi connectivity index (χ1v) is 8.54. The van der Waals surface area contributed by atoms with Crippen LogP contribution in [0.25, 0.3) is 0 Å². The summed E-state index contributed by atoms with van der Waals surface area (Å²) in [6.07, 6.45) is -0.827. The second-order valence-electron chi connectivity index (χ2n) is 5.29. The normalized spacial score (nSPS) is 12.4. The number of aliphatic hydroxyl groups excluding tert-OH is 2. The lowest BCUT2D eigenvalue weighted by molar-refractivity contribution is -0.0292. The van der Waals surface area contributed by atoms with E-state index in [4.69, 9.17) is 33.9 Å². The van der Waals surface area contributed by atoms with Gasteiger partial charge in [0.25, 0.3) is 0 Å². The first kappa shape index (κ1) is 22.0. The van der Waals surface area contributed by atoms with Gasteiger partial charge in [-0.05, 0) is 5.56 Å². The number of benzene rings is 1. The number of aliphatic hydroxyl groups is 2. The molecule has 1 atom stereocenters. The highest BCUT2D eigenvalue weighted by molar-refractivity contribution is 5.13. The summed E-state index contributed by atoms with van der Waals surface area (Å²) >= 11 is 0. The fourth-order valence-corrected chi connectivity index (χ4v) is 1.81. The fourth-order valence-electron chi connectivity index (χ4n) is 1.81. The highest BCUT2D eigenvalue weighted by Gasteiger charge is 2.00. The molecule has 144 valence electrons. The average Bonchev–Trinajstić information content (AvgIpc) is 2.65. The van der Waals surface area contributed by atoms with Crippen molar-refractivity contribution in [1.29, 1.82) is 0 Å². The van der Waals surface area contributed by atoms with Gasteiger partial charge < -0.3 is 33.9 Å². The minimum atomic E-state index is -0.827. The van der Waals surface area contributed by atoms with Crippen LogP contribution in [-0.4, -0.2) is 82.4 Å². The summed E-state index contributed by atoms with van der Waals surface area (Å²) in [6.45, 7) is 4.34. The van der Waals surface area contributed by atoms with Gasteiger partial charge in [0.2, 0.25) is 0 Å². The molecule has 0 heterocycles. The van der Waals surface area contributed by atoms with Gasteiger partial charge in [-0.3, -0.25) is 0 Å². The van der Waals surface area contributed by atoms with Crippen LogP contribution in [0, 0.1) is 0 Å². The molecule has 1 aromatic rings. The van der Waals surface area contributed by atoms with Crippen molar-refractivity contribution in [1.82, 2.24) is 0 Å². The predicted octanol–water partition coefficient (Wildman–Crippen LogP) is 0.623. The van der Waals surface area contributed by atoms with Crippen molar-refractivity contribution in [3.05, 3.63) is 35.9 Å². The molecule has 0 aliphatic rings. The molecule has 0 unspecified atom stereocenters. The van der Waals surface area contributed by atoms with Crippen molar-refractivity contribution in [2.24, 2.45) is 0 Å². The van der Waals surface area contributed by atoms with Crippen LogP contribution in [0.4, 0.5) is 0 Å². The molecule has 0 fully saturated rings.